The van der Waals surface area contributed by atoms with Crippen LogP contribution < -0.4 is 0 Å². The highest BCUT2D eigenvalue weighted by atomic mass is 28.5. The molecular weight excluding hydrogens is 481 g/mol. The molecule has 0 aromatic heterocycles. The minimum absolute atomic E-state index is 0.615. The topological polar surface area (TPSA) is 73.8 Å². The molecule has 0 amide bonds. The molecule has 8 nitrogen and oxygen atoms in total. The molecule has 192 valence electrons. The van der Waals surface area contributed by atoms with Crippen molar-refractivity contribution >= 4 is 34.2 Å². The van der Waals surface area contributed by atoms with Gasteiger partial charge in [0.05, 0.1) is 0 Å². The summed E-state index contributed by atoms with van der Waals surface area (Å²) in [5.74, 6) is 0. The van der Waals surface area contributed by atoms with Crippen LogP contribution in [0.5, 0.6) is 0 Å². The fourth-order valence-corrected chi connectivity index (χ4v) is 26.0. The Hall–Kier alpha value is 0.548. The molecule has 0 aromatic carbocycles. The van der Waals surface area contributed by atoms with Crippen molar-refractivity contribution in [3.05, 3.63) is 0 Å². The molecule has 0 aliphatic carbocycles. The van der Waals surface area contributed by atoms with Gasteiger partial charge in [0.1, 0.15) is 0 Å². The molecule has 32 heavy (non-hydrogen) atoms. The summed E-state index contributed by atoms with van der Waals surface area (Å²) in [6, 6.07) is 3.00. The van der Waals surface area contributed by atoms with Crippen LogP contribution in [-0.4, -0.2) is 87.1 Å². The molecule has 0 N–H and O–H groups in total. The third-order valence-electron chi connectivity index (χ3n) is 5.35. The van der Waals surface area contributed by atoms with Crippen LogP contribution in [0.15, 0.2) is 0 Å². The third kappa shape index (κ3) is 11.3. The van der Waals surface area contributed by atoms with Crippen molar-refractivity contribution in [3.63, 3.8) is 0 Å². The zero-order valence-electron chi connectivity index (χ0n) is 21.8. The van der Waals surface area contributed by atoms with Gasteiger partial charge in [-0.15, -0.1) is 0 Å². The Labute approximate surface area is 200 Å². The second kappa shape index (κ2) is 14.8. The average Bonchev–Trinajstić information content (AvgIpc) is 2.67. The Kier molecular flexibility index (Phi) is 14.2. The maximum atomic E-state index is 6.94. The van der Waals surface area contributed by atoms with E-state index < -0.39 is 34.2 Å². The first kappa shape index (κ1) is 30.6. The quantitative estimate of drug-likeness (QED) is 0.214. The minimum Gasteiger partial charge on any atom is -0.415 e. The van der Waals surface area contributed by atoms with Crippen molar-refractivity contribution in [3.8, 4) is 0 Å². The van der Waals surface area contributed by atoms with Crippen molar-refractivity contribution in [2.24, 2.45) is 0 Å². The van der Waals surface area contributed by atoms with Crippen LogP contribution in [0.1, 0.15) is 27.7 Å². The summed E-state index contributed by atoms with van der Waals surface area (Å²) in [6.45, 7) is 21.8. The highest BCUT2D eigenvalue weighted by Crippen LogP contribution is 2.37. The lowest BCUT2D eigenvalue weighted by molar-refractivity contribution is 0.133. The van der Waals surface area contributed by atoms with Crippen LogP contribution in [0.3, 0.4) is 0 Å². The monoisotopic (exact) mass is 528 g/mol. The van der Waals surface area contributed by atoms with E-state index in [0.717, 1.165) is 24.2 Å². The van der Waals surface area contributed by atoms with E-state index in [9.17, 15) is 0 Å². The molecule has 0 saturated carbocycles. The second-order valence-electron chi connectivity index (χ2n) is 8.73. The number of hydrogen-bond acceptors (Lipinski definition) is 8. The molecule has 1 fully saturated rings. The van der Waals surface area contributed by atoms with Gasteiger partial charge in [-0.25, -0.2) is 0 Å². The Morgan fingerprint density at radius 2 is 0.594 bits per heavy atom. The van der Waals surface area contributed by atoms with Crippen LogP contribution in [0, 0.1) is 0 Å². The minimum atomic E-state index is -2.62. The predicted octanol–water partition coefficient (Wildman–Crippen LogP) is 4.50. The van der Waals surface area contributed by atoms with Crippen molar-refractivity contribution in [1.29, 1.82) is 0 Å². The first-order valence-corrected chi connectivity index (χ1v) is 22.3. The van der Waals surface area contributed by atoms with Gasteiger partial charge in [0.25, 0.3) is 0 Å². The van der Waals surface area contributed by atoms with E-state index in [2.05, 4.69) is 26.2 Å². The normalized spacial score (nSPS) is 33.8. The van der Waals surface area contributed by atoms with E-state index in [1.807, 2.05) is 27.7 Å². The molecule has 0 unspecified atom stereocenters. The standard InChI is InChI=1S/C20H48O8Si4/c1-9-21-13-17-29(5)25-30(6,18-14-22-10-2)27-32(8,20-16-24-12-4)28-31(7,26-29)19-15-23-11-3/h9-20H2,1-8H3. The average molecular weight is 529 g/mol. The number of hydrogen-bond donors (Lipinski definition) is 0. The highest BCUT2D eigenvalue weighted by Gasteiger charge is 2.56. The zero-order chi connectivity index (χ0) is 24.1. The maximum Gasteiger partial charge on any atom is 0.319 e. The van der Waals surface area contributed by atoms with Crippen LogP contribution in [0.25, 0.3) is 0 Å². The van der Waals surface area contributed by atoms with Gasteiger partial charge in [-0.05, 0) is 53.9 Å². The van der Waals surface area contributed by atoms with Crippen molar-refractivity contribution in [2.45, 2.75) is 78.1 Å². The lowest BCUT2D eigenvalue weighted by Crippen LogP contribution is -2.68. The molecule has 1 aliphatic rings. The van der Waals surface area contributed by atoms with Gasteiger partial charge in [-0.2, -0.15) is 0 Å². The smallest absolute Gasteiger partial charge is 0.319 e. The van der Waals surface area contributed by atoms with Crippen LogP contribution in [0.4, 0.5) is 0 Å². The SMILES string of the molecule is CCOCC[Si]1(C)O[Si](C)(CCOCC)O[Si](C)(CCOCC)O[Si](C)(CCOCC)O1. The van der Waals surface area contributed by atoms with E-state index in [0.29, 0.717) is 52.9 Å². The fourth-order valence-electron chi connectivity index (χ4n) is 3.93. The summed E-state index contributed by atoms with van der Waals surface area (Å²) < 4.78 is 50.5. The summed E-state index contributed by atoms with van der Waals surface area (Å²) in [4.78, 5) is 0. The van der Waals surface area contributed by atoms with Gasteiger partial charge in [-0.3, -0.25) is 0 Å². The Morgan fingerprint density at radius 3 is 0.750 bits per heavy atom. The predicted molar refractivity (Wildman–Crippen MR) is 136 cm³/mol. The second-order valence-corrected chi connectivity index (χ2v) is 23.1. The van der Waals surface area contributed by atoms with Gasteiger partial charge in [0.15, 0.2) is 0 Å². The van der Waals surface area contributed by atoms with Gasteiger partial charge in [-0.1, -0.05) is 0 Å². The van der Waals surface area contributed by atoms with Crippen molar-refractivity contribution in [2.75, 3.05) is 52.9 Å². The number of rotatable bonds is 16. The Balaban J connectivity index is 3.21. The zero-order valence-corrected chi connectivity index (χ0v) is 25.8. The van der Waals surface area contributed by atoms with Gasteiger partial charge in [0, 0.05) is 77.0 Å². The van der Waals surface area contributed by atoms with Crippen LogP contribution in [0.2, 0.25) is 50.4 Å². The molecule has 1 heterocycles. The lowest BCUT2D eigenvalue weighted by atomic mass is 10.8. The third-order valence-corrected chi connectivity index (χ3v) is 23.6. The molecule has 0 spiro atoms. The van der Waals surface area contributed by atoms with E-state index in [1.54, 1.807) is 0 Å². The van der Waals surface area contributed by atoms with Gasteiger partial charge in [0.2, 0.25) is 0 Å². The van der Waals surface area contributed by atoms with Gasteiger partial charge >= 0.3 is 34.2 Å². The van der Waals surface area contributed by atoms with Crippen LogP contribution in [-0.2, 0) is 35.4 Å². The molecule has 0 bridgehead atoms. The summed E-state index contributed by atoms with van der Waals surface area (Å²) >= 11 is 0. The highest BCUT2D eigenvalue weighted by molar-refractivity contribution is 6.94. The molecule has 0 radical (unpaired) electrons. The van der Waals surface area contributed by atoms with Crippen LogP contribution >= 0.6 is 0 Å². The molecule has 1 rings (SSSR count). The molecule has 12 heteroatoms. The largest absolute Gasteiger partial charge is 0.415 e. The van der Waals surface area contributed by atoms with Crippen molar-refractivity contribution < 1.29 is 35.4 Å². The maximum absolute atomic E-state index is 6.94. The molecule has 0 aromatic rings. The van der Waals surface area contributed by atoms with E-state index in [-0.39, 0.29) is 0 Å². The molecule has 1 saturated heterocycles. The first-order valence-electron chi connectivity index (χ1n) is 12.2. The summed E-state index contributed by atoms with van der Waals surface area (Å²) in [5.41, 5.74) is 0. The number of ether oxygens (including phenoxy) is 4. The summed E-state index contributed by atoms with van der Waals surface area (Å²) in [5, 5.41) is 0. The summed E-state index contributed by atoms with van der Waals surface area (Å²) in [7, 11) is -10.5. The lowest BCUT2D eigenvalue weighted by Gasteiger charge is -2.50. The molecule has 0 atom stereocenters. The van der Waals surface area contributed by atoms with Gasteiger partial charge < -0.3 is 35.4 Å². The Morgan fingerprint density at radius 1 is 0.406 bits per heavy atom. The van der Waals surface area contributed by atoms with E-state index in [1.165, 1.54) is 0 Å². The van der Waals surface area contributed by atoms with E-state index >= 15 is 0 Å². The molecular formula is C20H48O8Si4. The van der Waals surface area contributed by atoms with Crippen molar-refractivity contribution in [1.82, 2.24) is 0 Å². The van der Waals surface area contributed by atoms with E-state index in [4.69, 9.17) is 35.4 Å². The summed E-state index contributed by atoms with van der Waals surface area (Å²) in [6.07, 6.45) is 0. The fraction of sp³-hybridized carbons (Fsp3) is 1.00. The first-order chi connectivity index (χ1) is 15.1. The molecule has 1 aliphatic heterocycles. The Bertz CT molecular complexity index is 418.